The normalized spacial score (nSPS) is 20.3. The van der Waals surface area contributed by atoms with E-state index in [-0.39, 0.29) is 19.4 Å². The van der Waals surface area contributed by atoms with Crippen molar-refractivity contribution in [3.05, 3.63) is 48.6 Å². The number of esters is 2. The van der Waals surface area contributed by atoms with Crippen LogP contribution in [0.5, 0.6) is 0 Å². The van der Waals surface area contributed by atoms with Gasteiger partial charge in [-0.3, -0.25) is 14.1 Å². The summed E-state index contributed by atoms with van der Waals surface area (Å²) in [6.45, 7) is 3.61. The van der Waals surface area contributed by atoms with Crippen molar-refractivity contribution in [3.63, 3.8) is 0 Å². The van der Waals surface area contributed by atoms with Crippen LogP contribution in [0.25, 0.3) is 0 Å². The number of carbonyl (C=O) groups is 2. The average Bonchev–Trinajstić information content (AvgIpc) is 3.24. The Bertz CT molecular complexity index is 1330. The van der Waals surface area contributed by atoms with Gasteiger partial charge >= 0.3 is 11.9 Å². The number of aliphatic hydroxyl groups excluding tert-OH is 3. The second-order valence-corrected chi connectivity index (χ2v) is 18.3. The molecular formula is C49H86O12S. The Kier molecular flexibility index (Phi) is 36.3. The maximum absolute atomic E-state index is 12.8. The number of hydrogen-bond acceptors (Lipinski definition) is 11. The second-order valence-electron chi connectivity index (χ2n) is 16.8. The molecule has 1 fully saturated rings. The van der Waals surface area contributed by atoms with Gasteiger partial charge in [-0.25, -0.2) is 0 Å². The Morgan fingerprint density at radius 1 is 0.565 bits per heavy atom. The summed E-state index contributed by atoms with van der Waals surface area (Å²) < 4.78 is 54.1. The quantitative estimate of drug-likeness (QED) is 0.0150. The number of carbonyl (C=O) groups excluding carboxylic acids is 2. The van der Waals surface area contributed by atoms with Gasteiger partial charge in [0.2, 0.25) is 0 Å². The molecule has 0 aromatic carbocycles. The van der Waals surface area contributed by atoms with Crippen LogP contribution >= 0.6 is 0 Å². The lowest BCUT2D eigenvalue weighted by molar-refractivity contribution is -0.297. The number of unbranched alkanes of at least 4 members (excludes halogenated alkanes) is 22. The minimum Gasteiger partial charge on any atom is -0.462 e. The molecule has 4 N–H and O–H groups in total. The zero-order chi connectivity index (χ0) is 45.5. The molecule has 0 amide bonds. The summed E-state index contributed by atoms with van der Waals surface area (Å²) in [5.41, 5.74) is 0. The van der Waals surface area contributed by atoms with Crippen LogP contribution in [-0.2, 0) is 38.7 Å². The molecule has 1 aliphatic heterocycles. The lowest BCUT2D eigenvalue weighted by atomic mass is 10.00. The Labute approximate surface area is 375 Å². The first-order valence-electron chi connectivity index (χ1n) is 24.2. The highest BCUT2D eigenvalue weighted by Gasteiger charge is 2.46. The van der Waals surface area contributed by atoms with Gasteiger partial charge in [0, 0.05) is 12.8 Å². The molecule has 0 bridgehead atoms. The Morgan fingerprint density at radius 3 is 1.55 bits per heavy atom. The Morgan fingerprint density at radius 2 is 1.03 bits per heavy atom. The molecule has 3 unspecified atom stereocenters. The predicted octanol–water partition coefficient (Wildman–Crippen LogP) is 10.3. The summed E-state index contributed by atoms with van der Waals surface area (Å²) in [4.78, 5) is 25.4. The molecule has 360 valence electrons. The summed E-state index contributed by atoms with van der Waals surface area (Å²) >= 11 is 0. The molecular weight excluding hydrogens is 813 g/mol. The number of allylic oxidation sites excluding steroid dienone is 8. The van der Waals surface area contributed by atoms with Gasteiger partial charge in [0.05, 0.1) is 6.61 Å². The summed E-state index contributed by atoms with van der Waals surface area (Å²) in [5.74, 6) is -2.02. The SMILES string of the molecule is CC/C=C/C=C/C=C/CCCCCCCC(=O)OC(COC(=O)CCCCCCCCC/C=C/CCCCCCCCCCCC)CO[C@H]1O[C@H](CS(=O)(=O)O)[C@@H](O)C(O)C1O. The van der Waals surface area contributed by atoms with Gasteiger partial charge in [-0.1, -0.05) is 172 Å². The van der Waals surface area contributed by atoms with E-state index in [0.29, 0.717) is 12.8 Å². The van der Waals surface area contributed by atoms with Gasteiger partial charge in [0.1, 0.15) is 36.8 Å². The molecule has 1 aliphatic rings. The number of ether oxygens (including phenoxy) is 4. The minimum absolute atomic E-state index is 0.139. The molecule has 13 heteroatoms. The summed E-state index contributed by atoms with van der Waals surface area (Å²) in [7, 11) is -4.61. The Balaban J connectivity index is 2.38. The number of hydrogen-bond donors (Lipinski definition) is 4. The highest BCUT2D eigenvalue weighted by molar-refractivity contribution is 7.85. The molecule has 0 aliphatic carbocycles. The first-order chi connectivity index (χ1) is 30.0. The van der Waals surface area contributed by atoms with Crippen LogP contribution < -0.4 is 0 Å². The van der Waals surface area contributed by atoms with E-state index in [2.05, 4.69) is 38.2 Å². The van der Waals surface area contributed by atoms with Crippen LogP contribution in [0.15, 0.2) is 48.6 Å². The molecule has 0 saturated carbocycles. The van der Waals surface area contributed by atoms with E-state index in [9.17, 15) is 37.9 Å². The van der Waals surface area contributed by atoms with Gasteiger partial charge in [0.25, 0.3) is 10.1 Å². The van der Waals surface area contributed by atoms with Crippen LogP contribution in [0, 0.1) is 0 Å². The van der Waals surface area contributed by atoms with Crippen molar-refractivity contribution in [2.45, 2.75) is 230 Å². The van der Waals surface area contributed by atoms with Gasteiger partial charge < -0.3 is 34.3 Å². The van der Waals surface area contributed by atoms with Crippen molar-refractivity contribution in [2.24, 2.45) is 0 Å². The third kappa shape index (κ3) is 33.2. The molecule has 6 atom stereocenters. The van der Waals surface area contributed by atoms with Crippen molar-refractivity contribution < 1.29 is 56.8 Å². The van der Waals surface area contributed by atoms with Crippen molar-refractivity contribution in [1.29, 1.82) is 0 Å². The fourth-order valence-corrected chi connectivity index (χ4v) is 7.89. The molecule has 0 aromatic heterocycles. The van der Waals surface area contributed by atoms with Crippen LogP contribution in [0.1, 0.15) is 194 Å². The topological polar surface area (TPSA) is 186 Å². The average molecular weight is 899 g/mol. The van der Waals surface area contributed by atoms with E-state index in [0.717, 1.165) is 64.2 Å². The maximum Gasteiger partial charge on any atom is 0.306 e. The Hall–Kier alpha value is -2.39. The van der Waals surface area contributed by atoms with E-state index in [1.807, 2.05) is 24.3 Å². The smallest absolute Gasteiger partial charge is 0.306 e. The molecule has 62 heavy (non-hydrogen) atoms. The molecule has 1 rings (SSSR count). The highest BCUT2D eigenvalue weighted by atomic mass is 32.2. The van der Waals surface area contributed by atoms with Crippen molar-refractivity contribution in [2.75, 3.05) is 19.0 Å². The van der Waals surface area contributed by atoms with Gasteiger partial charge in [-0.2, -0.15) is 8.42 Å². The zero-order valence-corrected chi connectivity index (χ0v) is 39.3. The third-order valence-electron chi connectivity index (χ3n) is 11.0. The largest absolute Gasteiger partial charge is 0.462 e. The van der Waals surface area contributed by atoms with Crippen molar-refractivity contribution in [3.8, 4) is 0 Å². The van der Waals surface area contributed by atoms with Crippen LogP contribution in [0.2, 0.25) is 0 Å². The van der Waals surface area contributed by atoms with Gasteiger partial charge in [0.15, 0.2) is 12.4 Å². The molecule has 0 spiro atoms. The highest BCUT2D eigenvalue weighted by Crippen LogP contribution is 2.24. The summed E-state index contributed by atoms with van der Waals surface area (Å²) in [6.07, 6.45) is 37.3. The third-order valence-corrected chi connectivity index (χ3v) is 11.7. The molecule has 1 heterocycles. The van der Waals surface area contributed by atoms with Crippen LogP contribution in [-0.4, -0.2) is 96.0 Å². The summed E-state index contributed by atoms with van der Waals surface area (Å²) in [5, 5.41) is 30.9. The van der Waals surface area contributed by atoms with E-state index < -0.39 is 71.2 Å². The van der Waals surface area contributed by atoms with Crippen molar-refractivity contribution >= 4 is 22.1 Å². The fourth-order valence-electron chi connectivity index (χ4n) is 7.20. The van der Waals surface area contributed by atoms with E-state index >= 15 is 0 Å². The lowest BCUT2D eigenvalue weighted by Gasteiger charge is -2.40. The van der Waals surface area contributed by atoms with Gasteiger partial charge in [-0.05, 0) is 57.8 Å². The minimum atomic E-state index is -4.61. The number of aliphatic hydroxyl groups is 3. The van der Waals surface area contributed by atoms with Crippen LogP contribution in [0.4, 0.5) is 0 Å². The number of rotatable bonds is 40. The lowest BCUT2D eigenvalue weighted by Crippen LogP contribution is -2.60. The van der Waals surface area contributed by atoms with E-state index in [4.69, 9.17) is 18.9 Å². The molecule has 1 saturated heterocycles. The van der Waals surface area contributed by atoms with Crippen molar-refractivity contribution in [1.82, 2.24) is 0 Å². The van der Waals surface area contributed by atoms with E-state index in [1.54, 1.807) is 0 Å². The van der Waals surface area contributed by atoms with Gasteiger partial charge in [-0.15, -0.1) is 0 Å². The van der Waals surface area contributed by atoms with E-state index in [1.165, 1.54) is 89.9 Å². The first-order valence-corrected chi connectivity index (χ1v) is 25.8. The molecule has 0 aromatic rings. The molecule has 0 radical (unpaired) electrons. The molecule has 12 nitrogen and oxygen atoms in total. The first kappa shape index (κ1) is 57.6. The summed E-state index contributed by atoms with van der Waals surface area (Å²) in [6, 6.07) is 0. The second kappa shape index (κ2) is 39.0. The zero-order valence-electron chi connectivity index (χ0n) is 38.5. The predicted molar refractivity (Wildman–Crippen MR) is 247 cm³/mol. The van der Waals surface area contributed by atoms with Crippen LogP contribution in [0.3, 0.4) is 0 Å². The monoisotopic (exact) mass is 899 g/mol. The standard InChI is InChI=1S/C49H86O12S/c1-3-5-7-9-11-13-15-17-18-19-20-21-22-23-24-26-27-29-31-33-35-37-44(50)58-39-42(40-59-49-48(54)47(53)46(52)43(61-49)41-62(55,56)57)60-45(51)38-36-34-32-30-28-25-16-14-12-10-8-6-4-2/h6,8,10,12,14,16,21-22,42-43,46-49,52-54H,3-5,7,9,11,13,15,17-20,23-41H2,1-2H3,(H,55,56,57)/b8-6+,12-10+,16-14+,22-21+/t42?,43-,46-,47?,48?,49+/m1/s1. The maximum atomic E-state index is 12.8. The fraction of sp³-hybridized carbons (Fsp3) is 0.796.